The molecule has 2 aromatic carbocycles. The minimum atomic E-state index is -4.84. The van der Waals surface area contributed by atoms with Gasteiger partial charge in [0.1, 0.15) is 5.82 Å². The summed E-state index contributed by atoms with van der Waals surface area (Å²) in [5, 5.41) is 10.8. The van der Waals surface area contributed by atoms with Crippen LogP contribution in [0.3, 0.4) is 0 Å². The van der Waals surface area contributed by atoms with Crippen LogP contribution in [0.1, 0.15) is 27.9 Å². The average Bonchev–Trinajstić information content (AvgIpc) is 2.63. The molecule has 1 atom stereocenters. The molecule has 0 fully saturated rings. The van der Waals surface area contributed by atoms with Crippen LogP contribution in [0.4, 0.5) is 22.4 Å². The Bertz CT molecular complexity index is 824. The highest BCUT2D eigenvalue weighted by Crippen LogP contribution is 2.30. The van der Waals surface area contributed by atoms with E-state index in [9.17, 15) is 27.2 Å². The van der Waals surface area contributed by atoms with Crippen molar-refractivity contribution in [2.45, 2.75) is 25.2 Å². The van der Waals surface area contributed by atoms with E-state index in [1.165, 1.54) is 0 Å². The summed E-state index contributed by atoms with van der Waals surface area (Å²) in [6.07, 6.45) is -6.50. The Morgan fingerprint density at radius 1 is 1.11 bits per heavy atom. The first-order valence-corrected chi connectivity index (χ1v) is 8.20. The minimum absolute atomic E-state index is 0.0347. The average molecular weight is 399 g/mol. The monoisotopic (exact) mass is 399 g/mol. The number of amides is 1. The third-order valence-corrected chi connectivity index (χ3v) is 3.79. The highest BCUT2D eigenvalue weighted by Gasteiger charge is 2.33. The molecule has 0 aliphatic carbocycles. The molecule has 2 rings (SSSR count). The third-order valence-electron chi connectivity index (χ3n) is 3.79. The highest BCUT2D eigenvalue weighted by atomic mass is 19.4. The number of hydrogen-bond donors (Lipinski definition) is 2. The van der Waals surface area contributed by atoms with Crippen molar-refractivity contribution in [2.24, 2.45) is 0 Å². The lowest BCUT2D eigenvalue weighted by Crippen LogP contribution is -2.41. The molecule has 5 nitrogen and oxygen atoms in total. The number of alkyl halides is 3. The normalized spacial score (nSPS) is 12.4. The van der Waals surface area contributed by atoms with E-state index in [1.807, 2.05) is 23.5 Å². The molecule has 1 amide bonds. The van der Waals surface area contributed by atoms with Crippen molar-refractivity contribution < 1.29 is 37.0 Å². The van der Waals surface area contributed by atoms with Crippen molar-refractivity contribution in [3.63, 3.8) is 0 Å². The van der Waals surface area contributed by atoms with Gasteiger partial charge in [-0.15, -0.1) is 0 Å². The molecular formula is C19H17F4NO4. The highest BCUT2D eigenvalue weighted by molar-refractivity contribution is 6.01. The standard InChI is InChI=1S/C19H17F4NO4/c20-15-9-13(8-14(10-15)19(21,22)23)17(25)16(24-18(26)27)6-7-28-11-12-4-2-1-3-5-12/h1-5,8-10,16,24H,6-7,11H2,(H,26,27). The van der Waals surface area contributed by atoms with Gasteiger partial charge < -0.3 is 15.2 Å². The molecule has 0 saturated heterocycles. The van der Waals surface area contributed by atoms with Gasteiger partial charge in [-0.25, -0.2) is 9.18 Å². The third kappa shape index (κ3) is 6.34. The first-order chi connectivity index (χ1) is 13.2. The Kier molecular flexibility index (Phi) is 7.11. The molecule has 1 unspecified atom stereocenters. The minimum Gasteiger partial charge on any atom is -0.465 e. The van der Waals surface area contributed by atoms with Crippen molar-refractivity contribution >= 4 is 11.9 Å². The maximum Gasteiger partial charge on any atom is 0.416 e. The number of carbonyl (C=O) groups excluding carboxylic acids is 1. The number of benzene rings is 2. The smallest absolute Gasteiger partial charge is 0.416 e. The number of carboxylic acid groups (broad SMARTS) is 1. The Labute approximate surface area is 157 Å². The Balaban J connectivity index is 2.08. The largest absolute Gasteiger partial charge is 0.465 e. The van der Waals surface area contributed by atoms with Crippen molar-refractivity contribution in [3.8, 4) is 0 Å². The summed E-state index contributed by atoms with van der Waals surface area (Å²) < 4.78 is 57.4. The van der Waals surface area contributed by atoms with Crippen LogP contribution in [0, 0.1) is 5.82 Å². The number of carbonyl (C=O) groups is 2. The summed E-state index contributed by atoms with van der Waals surface area (Å²) in [6, 6.07) is 9.07. The van der Waals surface area contributed by atoms with Crippen LogP contribution in [0.25, 0.3) is 0 Å². The van der Waals surface area contributed by atoms with Crippen LogP contribution in [0.15, 0.2) is 48.5 Å². The van der Waals surface area contributed by atoms with Gasteiger partial charge in [-0.1, -0.05) is 30.3 Å². The summed E-state index contributed by atoms with van der Waals surface area (Å²) in [4.78, 5) is 23.4. The van der Waals surface area contributed by atoms with E-state index in [4.69, 9.17) is 9.84 Å². The van der Waals surface area contributed by atoms with Gasteiger partial charge in [0.2, 0.25) is 0 Å². The van der Waals surface area contributed by atoms with Crippen molar-refractivity contribution in [1.29, 1.82) is 0 Å². The predicted molar refractivity (Wildman–Crippen MR) is 91.4 cm³/mol. The SMILES string of the molecule is O=C(O)NC(CCOCc1ccccc1)C(=O)c1cc(F)cc(C(F)(F)F)c1. The van der Waals surface area contributed by atoms with Gasteiger partial charge in [-0.05, 0) is 30.2 Å². The summed E-state index contributed by atoms with van der Waals surface area (Å²) in [7, 11) is 0. The maximum atomic E-state index is 13.5. The van der Waals surface area contributed by atoms with Gasteiger partial charge in [0.15, 0.2) is 5.78 Å². The number of nitrogens with one attached hydrogen (secondary N) is 1. The van der Waals surface area contributed by atoms with Gasteiger partial charge in [0.25, 0.3) is 0 Å². The fourth-order valence-corrected chi connectivity index (χ4v) is 2.48. The van der Waals surface area contributed by atoms with Gasteiger partial charge in [0, 0.05) is 12.2 Å². The number of ketones is 1. The Hall–Kier alpha value is -2.94. The summed E-state index contributed by atoms with van der Waals surface area (Å²) >= 11 is 0. The molecule has 0 bridgehead atoms. The van der Waals surface area contributed by atoms with E-state index in [0.29, 0.717) is 12.1 Å². The van der Waals surface area contributed by atoms with Crippen LogP contribution < -0.4 is 5.32 Å². The molecule has 28 heavy (non-hydrogen) atoms. The molecule has 0 radical (unpaired) electrons. The number of ether oxygens (including phenoxy) is 1. The summed E-state index contributed by atoms with van der Waals surface area (Å²) in [6.45, 7) is 0.181. The molecule has 9 heteroatoms. The zero-order valence-electron chi connectivity index (χ0n) is 14.5. The first kappa shape index (κ1) is 21.4. The predicted octanol–water partition coefficient (Wildman–Crippen LogP) is 4.27. The molecular weight excluding hydrogens is 382 g/mol. The van der Waals surface area contributed by atoms with E-state index in [-0.39, 0.29) is 25.7 Å². The van der Waals surface area contributed by atoms with Crippen molar-refractivity contribution in [1.82, 2.24) is 5.32 Å². The second-order valence-corrected chi connectivity index (χ2v) is 5.92. The lowest BCUT2D eigenvalue weighted by Gasteiger charge is -2.17. The van der Waals surface area contributed by atoms with Crippen LogP contribution in [-0.4, -0.2) is 29.6 Å². The maximum absolute atomic E-state index is 13.5. The molecule has 2 N–H and O–H groups in total. The Morgan fingerprint density at radius 3 is 2.39 bits per heavy atom. The van der Waals surface area contributed by atoms with Crippen LogP contribution in [-0.2, 0) is 17.5 Å². The fourth-order valence-electron chi connectivity index (χ4n) is 2.48. The molecule has 0 aromatic heterocycles. The topological polar surface area (TPSA) is 75.6 Å². The molecule has 0 aliphatic heterocycles. The van der Waals surface area contributed by atoms with Crippen molar-refractivity contribution in [3.05, 3.63) is 71.0 Å². The zero-order valence-corrected chi connectivity index (χ0v) is 14.5. The van der Waals surface area contributed by atoms with E-state index >= 15 is 0 Å². The van der Waals surface area contributed by atoms with E-state index < -0.39 is 41.0 Å². The quantitative estimate of drug-likeness (QED) is 0.395. The van der Waals surface area contributed by atoms with Gasteiger partial charge in [-0.3, -0.25) is 4.79 Å². The van der Waals surface area contributed by atoms with Gasteiger partial charge >= 0.3 is 12.3 Å². The number of rotatable bonds is 8. The first-order valence-electron chi connectivity index (χ1n) is 8.20. The fraction of sp³-hybridized carbons (Fsp3) is 0.263. The van der Waals surface area contributed by atoms with Crippen LogP contribution in [0.2, 0.25) is 0 Å². The lowest BCUT2D eigenvalue weighted by atomic mass is 9.99. The number of hydrogen-bond acceptors (Lipinski definition) is 3. The lowest BCUT2D eigenvalue weighted by molar-refractivity contribution is -0.137. The molecule has 2 aromatic rings. The second-order valence-electron chi connectivity index (χ2n) is 5.92. The number of Topliss-reactive ketones (excluding diaryl/α,β-unsaturated/α-hetero) is 1. The number of halogens is 4. The second kappa shape index (κ2) is 9.32. The molecule has 0 heterocycles. The van der Waals surface area contributed by atoms with Crippen LogP contribution in [0.5, 0.6) is 0 Å². The van der Waals surface area contributed by atoms with Gasteiger partial charge in [-0.2, -0.15) is 13.2 Å². The summed E-state index contributed by atoms with van der Waals surface area (Å²) in [5.41, 5.74) is -1.05. The van der Waals surface area contributed by atoms with Gasteiger partial charge in [0.05, 0.1) is 18.2 Å². The van der Waals surface area contributed by atoms with Crippen molar-refractivity contribution in [2.75, 3.05) is 6.61 Å². The van der Waals surface area contributed by atoms with E-state index in [2.05, 4.69) is 0 Å². The van der Waals surface area contributed by atoms with Crippen LogP contribution >= 0.6 is 0 Å². The zero-order chi connectivity index (χ0) is 20.7. The molecule has 150 valence electrons. The molecule has 0 saturated carbocycles. The molecule has 0 spiro atoms. The Morgan fingerprint density at radius 2 is 1.79 bits per heavy atom. The van der Waals surface area contributed by atoms with E-state index in [0.717, 1.165) is 5.56 Å². The van der Waals surface area contributed by atoms with E-state index in [1.54, 1.807) is 12.1 Å². The molecule has 0 aliphatic rings. The summed E-state index contributed by atoms with van der Waals surface area (Å²) in [5.74, 6) is -2.22.